The van der Waals surface area contributed by atoms with E-state index >= 15 is 0 Å². The smallest absolute Gasteiger partial charge is 0.258 e. The first-order valence-corrected chi connectivity index (χ1v) is 6.10. The fraction of sp³-hybridized carbons (Fsp3) is 0.188. The highest BCUT2D eigenvalue weighted by Crippen LogP contribution is 2.17. The molecule has 19 heavy (non-hydrogen) atoms. The van der Waals surface area contributed by atoms with Crippen molar-refractivity contribution in [1.82, 2.24) is 0 Å². The van der Waals surface area contributed by atoms with Crippen LogP contribution in [-0.4, -0.2) is 13.0 Å². The lowest BCUT2D eigenvalue weighted by molar-refractivity contribution is 0.0993. The van der Waals surface area contributed by atoms with Crippen molar-refractivity contribution in [3.63, 3.8) is 0 Å². The van der Waals surface area contributed by atoms with Gasteiger partial charge in [0, 0.05) is 18.3 Å². The Balaban J connectivity index is 2.28. The van der Waals surface area contributed by atoms with Gasteiger partial charge in [-0.15, -0.1) is 0 Å². The minimum atomic E-state index is -0.297. The second kappa shape index (κ2) is 5.22. The van der Waals surface area contributed by atoms with Gasteiger partial charge in [-0.25, -0.2) is 4.39 Å². The maximum atomic E-state index is 13.2. The Hall–Kier alpha value is -2.16. The summed E-state index contributed by atoms with van der Waals surface area (Å²) in [6, 6.07) is 12.1. The van der Waals surface area contributed by atoms with Crippen LogP contribution in [0.4, 0.5) is 10.1 Å². The zero-order valence-electron chi connectivity index (χ0n) is 11.3. The van der Waals surface area contributed by atoms with Crippen molar-refractivity contribution in [2.24, 2.45) is 0 Å². The molecule has 2 nitrogen and oxygen atoms in total. The molecule has 2 rings (SSSR count). The van der Waals surface area contributed by atoms with Crippen LogP contribution in [0.3, 0.4) is 0 Å². The van der Waals surface area contributed by atoms with Gasteiger partial charge in [0.1, 0.15) is 5.82 Å². The van der Waals surface area contributed by atoms with E-state index in [1.165, 1.54) is 12.1 Å². The molecule has 0 aromatic heterocycles. The number of benzene rings is 2. The molecule has 0 aliphatic rings. The van der Waals surface area contributed by atoms with Crippen LogP contribution in [0.25, 0.3) is 0 Å². The molecule has 0 N–H and O–H groups in total. The van der Waals surface area contributed by atoms with Crippen molar-refractivity contribution in [3.05, 3.63) is 65.0 Å². The fourth-order valence-electron chi connectivity index (χ4n) is 1.86. The monoisotopic (exact) mass is 257 g/mol. The number of amides is 1. The molecule has 0 spiro atoms. The SMILES string of the molecule is Cc1ccc(N(C)C(=O)c2ccc(F)c(C)c2)cc1. The van der Waals surface area contributed by atoms with Crippen LogP contribution < -0.4 is 4.90 Å². The summed E-state index contributed by atoms with van der Waals surface area (Å²) in [6.45, 7) is 3.65. The van der Waals surface area contributed by atoms with E-state index in [1.807, 2.05) is 31.2 Å². The standard InChI is InChI=1S/C16H16FNO/c1-11-4-7-14(8-5-11)18(3)16(19)13-6-9-15(17)12(2)10-13/h4-10H,1-3H3. The number of carbonyl (C=O) groups is 1. The number of aryl methyl sites for hydroxylation is 2. The van der Waals surface area contributed by atoms with Crippen molar-refractivity contribution in [2.75, 3.05) is 11.9 Å². The summed E-state index contributed by atoms with van der Waals surface area (Å²) >= 11 is 0. The van der Waals surface area contributed by atoms with Gasteiger partial charge in [-0.3, -0.25) is 4.79 Å². The first-order chi connectivity index (χ1) is 8.99. The lowest BCUT2D eigenvalue weighted by atomic mass is 10.1. The quantitative estimate of drug-likeness (QED) is 0.803. The molecule has 0 heterocycles. The van der Waals surface area contributed by atoms with Gasteiger partial charge in [-0.05, 0) is 49.7 Å². The van der Waals surface area contributed by atoms with E-state index < -0.39 is 0 Å². The number of carbonyl (C=O) groups excluding carboxylic acids is 1. The van der Waals surface area contributed by atoms with Crippen LogP contribution in [0.1, 0.15) is 21.5 Å². The molecule has 98 valence electrons. The zero-order valence-corrected chi connectivity index (χ0v) is 11.3. The molecule has 2 aromatic rings. The average molecular weight is 257 g/mol. The third-order valence-electron chi connectivity index (χ3n) is 3.13. The Morgan fingerprint density at radius 3 is 2.26 bits per heavy atom. The zero-order chi connectivity index (χ0) is 14.0. The molecule has 0 aliphatic carbocycles. The molecule has 2 aromatic carbocycles. The largest absolute Gasteiger partial charge is 0.311 e. The lowest BCUT2D eigenvalue weighted by Crippen LogP contribution is -2.26. The summed E-state index contributed by atoms with van der Waals surface area (Å²) in [5.74, 6) is -0.443. The van der Waals surface area contributed by atoms with Gasteiger partial charge in [0.05, 0.1) is 0 Å². The molecule has 0 aliphatic heterocycles. The van der Waals surface area contributed by atoms with Crippen LogP contribution in [0.2, 0.25) is 0 Å². The normalized spacial score (nSPS) is 10.3. The van der Waals surface area contributed by atoms with Gasteiger partial charge in [0.2, 0.25) is 0 Å². The maximum absolute atomic E-state index is 13.2. The van der Waals surface area contributed by atoms with Gasteiger partial charge < -0.3 is 4.90 Å². The molecular formula is C16H16FNO. The van der Waals surface area contributed by atoms with Crippen LogP contribution in [-0.2, 0) is 0 Å². The number of rotatable bonds is 2. The second-order valence-corrected chi connectivity index (χ2v) is 4.66. The van der Waals surface area contributed by atoms with Crippen LogP contribution in [0.5, 0.6) is 0 Å². The first-order valence-electron chi connectivity index (χ1n) is 6.10. The summed E-state index contributed by atoms with van der Waals surface area (Å²) < 4.78 is 13.2. The second-order valence-electron chi connectivity index (χ2n) is 4.66. The summed E-state index contributed by atoms with van der Waals surface area (Å²) in [5, 5.41) is 0. The number of anilines is 1. The van der Waals surface area contributed by atoms with Crippen molar-refractivity contribution < 1.29 is 9.18 Å². The summed E-state index contributed by atoms with van der Waals surface area (Å²) in [5.41, 5.74) is 2.92. The van der Waals surface area contributed by atoms with Crippen molar-refractivity contribution in [2.45, 2.75) is 13.8 Å². The van der Waals surface area contributed by atoms with Crippen LogP contribution in [0, 0.1) is 19.7 Å². The number of halogens is 1. The molecule has 0 bridgehead atoms. The third kappa shape index (κ3) is 2.81. The molecule has 0 fully saturated rings. The van der Waals surface area contributed by atoms with Gasteiger partial charge in [-0.2, -0.15) is 0 Å². The minimum absolute atomic E-state index is 0.146. The lowest BCUT2D eigenvalue weighted by Gasteiger charge is -2.18. The van der Waals surface area contributed by atoms with Crippen LogP contribution in [0.15, 0.2) is 42.5 Å². The Morgan fingerprint density at radius 2 is 1.68 bits per heavy atom. The van der Waals surface area contributed by atoms with Crippen LogP contribution >= 0.6 is 0 Å². The number of hydrogen-bond acceptors (Lipinski definition) is 1. The Morgan fingerprint density at radius 1 is 1.05 bits per heavy atom. The first kappa shape index (κ1) is 13.3. The van der Waals surface area contributed by atoms with E-state index in [4.69, 9.17) is 0 Å². The highest BCUT2D eigenvalue weighted by molar-refractivity contribution is 6.05. The molecule has 0 radical (unpaired) electrons. The van der Waals surface area contributed by atoms with E-state index in [-0.39, 0.29) is 11.7 Å². The predicted octanol–water partition coefficient (Wildman–Crippen LogP) is 3.72. The highest BCUT2D eigenvalue weighted by atomic mass is 19.1. The average Bonchev–Trinajstić information content (AvgIpc) is 2.41. The van der Waals surface area contributed by atoms with Gasteiger partial charge in [0.15, 0.2) is 0 Å². The fourth-order valence-corrected chi connectivity index (χ4v) is 1.86. The third-order valence-corrected chi connectivity index (χ3v) is 3.13. The summed E-state index contributed by atoms with van der Waals surface area (Å²) in [4.78, 5) is 13.9. The van der Waals surface area contributed by atoms with E-state index in [0.717, 1.165) is 11.3 Å². The Kier molecular flexibility index (Phi) is 3.65. The van der Waals surface area contributed by atoms with Gasteiger partial charge >= 0.3 is 0 Å². The molecule has 0 saturated carbocycles. The number of nitrogens with zero attached hydrogens (tertiary/aromatic N) is 1. The molecule has 1 amide bonds. The van der Waals surface area contributed by atoms with Gasteiger partial charge in [0.25, 0.3) is 5.91 Å². The van der Waals surface area contributed by atoms with E-state index in [9.17, 15) is 9.18 Å². The highest BCUT2D eigenvalue weighted by Gasteiger charge is 2.14. The van der Waals surface area contributed by atoms with Crippen molar-refractivity contribution in [3.8, 4) is 0 Å². The van der Waals surface area contributed by atoms with Crippen molar-refractivity contribution in [1.29, 1.82) is 0 Å². The summed E-state index contributed by atoms with van der Waals surface area (Å²) in [6.07, 6.45) is 0. The molecular weight excluding hydrogens is 241 g/mol. The van der Waals surface area contributed by atoms with Gasteiger partial charge in [-0.1, -0.05) is 17.7 Å². The number of hydrogen-bond donors (Lipinski definition) is 0. The topological polar surface area (TPSA) is 20.3 Å². The Labute approximate surface area is 112 Å². The molecule has 0 atom stereocenters. The molecule has 0 saturated heterocycles. The molecule has 3 heteroatoms. The predicted molar refractivity (Wildman–Crippen MR) is 75.0 cm³/mol. The molecule has 0 unspecified atom stereocenters. The summed E-state index contributed by atoms with van der Waals surface area (Å²) in [7, 11) is 1.71. The Bertz CT molecular complexity index is 605. The van der Waals surface area contributed by atoms with E-state index in [1.54, 1.807) is 24.9 Å². The van der Waals surface area contributed by atoms with E-state index in [2.05, 4.69) is 0 Å². The maximum Gasteiger partial charge on any atom is 0.258 e. The van der Waals surface area contributed by atoms with Crippen molar-refractivity contribution >= 4 is 11.6 Å². The van der Waals surface area contributed by atoms with E-state index in [0.29, 0.717) is 11.1 Å². The minimum Gasteiger partial charge on any atom is -0.311 e.